The van der Waals surface area contributed by atoms with Crippen LogP contribution in [0.4, 0.5) is 11.5 Å². The first-order chi connectivity index (χ1) is 7.13. The molecule has 0 bridgehead atoms. The molecule has 84 valence electrons. The van der Waals surface area contributed by atoms with Crippen molar-refractivity contribution >= 4 is 23.3 Å². The second kappa shape index (κ2) is 5.85. The second-order valence-electron chi connectivity index (χ2n) is 3.76. The fourth-order valence-corrected chi connectivity index (χ4v) is 1.94. The number of nitrogen functional groups attached to an aromatic ring is 1. The molecule has 0 aliphatic carbocycles. The molecule has 0 saturated carbocycles. The fourth-order valence-electron chi connectivity index (χ4n) is 1.35. The number of hydrogen-bond acceptors (Lipinski definition) is 4. The molecular formula is C11H19N3S. The third kappa shape index (κ3) is 4.00. The monoisotopic (exact) mass is 225 g/mol. The van der Waals surface area contributed by atoms with Crippen LogP contribution in [0, 0.1) is 6.92 Å². The normalized spacial score (nSPS) is 12.5. The molecule has 0 aromatic carbocycles. The number of aromatic nitrogens is 1. The Bertz CT molecular complexity index is 315. The molecule has 3 N–H and O–H groups in total. The summed E-state index contributed by atoms with van der Waals surface area (Å²) in [5.41, 5.74) is 7.47. The van der Waals surface area contributed by atoms with Gasteiger partial charge in [0.05, 0.1) is 11.9 Å². The summed E-state index contributed by atoms with van der Waals surface area (Å²) in [5, 5.41) is 3.39. The Labute approximate surface area is 95.9 Å². The van der Waals surface area contributed by atoms with Crippen molar-refractivity contribution in [3.63, 3.8) is 0 Å². The number of aryl methyl sites for hydroxylation is 1. The third-order valence-corrected chi connectivity index (χ3v) is 2.88. The molecule has 1 atom stereocenters. The average molecular weight is 225 g/mol. The Morgan fingerprint density at radius 2 is 2.33 bits per heavy atom. The van der Waals surface area contributed by atoms with Crippen LogP contribution in [0.2, 0.25) is 0 Å². The number of hydrogen-bond donors (Lipinski definition) is 2. The van der Waals surface area contributed by atoms with E-state index in [9.17, 15) is 0 Å². The van der Waals surface area contributed by atoms with Gasteiger partial charge < -0.3 is 11.1 Å². The van der Waals surface area contributed by atoms with Crippen molar-refractivity contribution in [3.05, 3.63) is 17.8 Å². The van der Waals surface area contributed by atoms with Crippen LogP contribution in [-0.4, -0.2) is 23.0 Å². The highest BCUT2D eigenvalue weighted by atomic mass is 32.2. The van der Waals surface area contributed by atoms with Crippen LogP contribution >= 0.6 is 11.8 Å². The lowest BCUT2D eigenvalue weighted by molar-refractivity contribution is 0.765. The van der Waals surface area contributed by atoms with E-state index in [0.717, 1.165) is 23.5 Å². The minimum absolute atomic E-state index is 0.451. The maximum Gasteiger partial charge on any atom is 0.129 e. The van der Waals surface area contributed by atoms with Crippen molar-refractivity contribution in [2.45, 2.75) is 26.3 Å². The smallest absolute Gasteiger partial charge is 0.129 e. The Morgan fingerprint density at radius 1 is 1.60 bits per heavy atom. The van der Waals surface area contributed by atoms with Crippen molar-refractivity contribution in [1.82, 2.24) is 4.98 Å². The first kappa shape index (κ1) is 12.2. The van der Waals surface area contributed by atoms with Gasteiger partial charge >= 0.3 is 0 Å². The molecule has 0 spiro atoms. The first-order valence-corrected chi connectivity index (χ1v) is 6.50. The van der Waals surface area contributed by atoms with Gasteiger partial charge in [-0.3, -0.25) is 0 Å². The maximum absolute atomic E-state index is 5.64. The van der Waals surface area contributed by atoms with Crippen LogP contribution in [0.1, 0.15) is 18.9 Å². The SMILES string of the molecule is CSCCC(C)Nc1ncc(N)cc1C. The Balaban J connectivity index is 2.56. The molecule has 0 aliphatic rings. The topological polar surface area (TPSA) is 50.9 Å². The minimum atomic E-state index is 0.451. The summed E-state index contributed by atoms with van der Waals surface area (Å²) >= 11 is 1.87. The van der Waals surface area contributed by atoms with E-state index in [2.05, 4.69) is 23.5 Å². The highest BCUT2D eigenvalue weighted by molar-refractivity contribution is 7.98. The summed E-state index contributed by atoms with van der Waals surface area (Å²) in [7, 11) is 0. The summed E-state index contributed by atoms with van der Waals surface area (Å²) in [6, 6.07) is 2.39. The van der Waals surface area contributed by atoms with E-state index < -0.39 is 0 Å². The summed E-state index contributed by atoms with van der Waals surface area (Å²) < 4.78 is 0. The molecule has 1 heterocycles. The lowest BCUT2D eigenvalue weighted by atomic mass is 10.2. The number of nitrogens with one attached hydrogen (secondary N) is 1. The van der Waals surface area contributed by atoms with Crippen LogP contribution in [0.5, 0.6) is 0 Å². The van der Waals surface area contributed by atoms with Crippen molar-refractivity contribution < 1.29 is 0 Å². The predicted molar refractivity (Wildman–Crippen MR) is 69.5 cm³/mol. The van der Waals surface area contributed by atoms with Gasteiger partial charge in [0, 0.05) is 6.04 Å². The van der Waals surface area contributed by atoms with E-state index in [1.165, 1.54) is 5.75 Å². The van der Waals surface area contributed by atoms with E-state index in [1.807, 2.05) is 24.8 Å². The molecule has 0 amide bonds. The number of thioether (sulfide) groups is 1. The van der Waals surface area contributed by atoms with Gasteiger partial charge in [0.1, 0.15) is 5.82 Å². The summed E-state index contributed by atoms with van der Waals surface area (Å²) in [6.07, 6.45) is 4.96. The number of rotatable bonds is 5. The lowest BCUT2D eigenvalue weighted by Gasteiger charge is -2.15. The molecule has 1 rings (SSSR count). The largest absolute Gasteiger partial charge is 0.397 e. The van der Waals surface area contributed by atoms with E-state index in [1.54, 1.807) is 6.20 Å². The van der Waals surface area contributed by atoms with Gasteiger partial charge in [-0.05, 0) is 43.9 Å². The molecule has 15 heavy (non-hydrogen) atoms. The molecule has 4 heteroatoms. The summed E-state index contributed by atoms with van der Waals surface area (Å²) in [5.74, 6) is 2.11. The predicted octanol–water partition coefficient (Wildman–Crippen LogP) is 2.53. The number of anilines is 2. The van der Waals surface area contributed by atoms with Crippen LogP contribution in [0.3, 0.4) is 0 Å². The molecule has 3 nitrogen and oxygen atoms in total. The molecule has 1 unspecified atom stereocenters. The Morgan fingerprint density at radius 3 is 2.93 bits per heavy atom. The number of nitrogens with two attached hydrogens (primary N) is 1. The van der Waals surface area contributed by atoms with E-state index in [0.29, 0.717) is 6.04 Å². The van der Waals surface area contributed by atoms with E-state index in [4.69, 9.17) is 5.73 Å². The van der Waals surface area contributed by atoms with Gasteiger partial charge in [0.15, 0.2) is 0 Å². The summed E-state index contributed by atoms with van der Waals surface area (Å²) in [6.45, 7) is 4.20. The van der Waals surface area contributed by atoms with Gasteiger partial charge in [0.25, 0.3) is 0 Å². The van der Waals surface area contributed by atoms with Crippen molar-refractivity contribution in [3.8, 4) is 0 Å². The van der Waals surface area contributed by atoms with Crippen molar-refractivity contribution in [2.75, 3.05) is 23.1 Å². The summed E-state index contributed by atoms with van der Waals surface area (Å²) in [4.78, 5) is 4.28. The Kier molecular flexibility index (Phi) is 4.75. The zero-order chi connectivity index (χ0) is 11.3. The van der Waals surface area contributed by atoms with Gasteiger partial charge in [0.2, 0.25) is 0 Å². The number of nitrogens with zero attached hydrogens (tertiary/aromatic N) is 1. The molecule has 0 fully saturated rings. The van der Waals surface area contributed by atoms with Crippen LogP contribution in [0.25, 0.3) is 0 Å². The fraction of sp³-hybridized carbons (Fsp3) is 0.545. The molecule has 0 aliphatic heterocycles. The Hall–Kier alpha value is -0.900. The number of pyridine rings is 1. The zero-order valence-electron chi connectivity index (χ0n) is 9.58. The molecular weight excluding hydrogens is 206 g/mol. The average Bonchev–Trinajstić information content (AvgIpc) is 2.19. The van der Waals surface area contributed by atoms with Gasteiger partial charge in [-0.25, -0.2) is 4.98 Å². The van der Waals surface area contributed by atoms with Gasteiger partial charge in [-0.1, -0.05) is 0 Å². The molecule has 0 radical (unpaired) electrons. The van der Waals surface area contributed by atoms with Gasteiger partial charge in [-0.15, -0.1) is 0 Å². The van der Waals surface area contributed by atoms with Crippen molar-refractivity contribution in [2.24, 2.45) is 0 Å². The highest BCUT2D eigenvalue weighted by Gasteiger charge is 2.05. The molecule has 1 aromatic rings. The zero-order valence-corrected chi connectivity index (χ0v) is 10.4. The van der Waals surface area contributed by atoms with Gasteiger partial charge in [-0.2, -0.15) is 11.8 Å². The van der Waals surface area contributed by atoms with Crippen LogP contribution < -0.4 is 11.1 Å². The van der Waals surface area contributed by atoms with Crippen molar-refractivity contribution in [1.29, 1.82) is 0 Å². The van der Waals surface area contributed by atoms with Crippen LogP contribution in [-0.2, 0) is 0 Å². The third-order valence-electron chi connectivity index (χ3n) is 2.24. The highest BCUT2D eigenvalue weighted by Crippen LogP contribution is 2.15. The molecule has 1 aromatic heterocycles. The lowest BCUT2D eigenvalue weighted by Crippen LogP contribution is -2.17. The van der Waals surface area contributed by atoms with Crippen LogP contribution in [0.15, 0.2) is 12.3 Å². The van der Waals surface area contributed by atoms with E-state index >= 15 is 0 Å². The minimum Gasteiger partial charge on any atom is -0.397 e. The standard InChI is InChI=1S/C11H19N3S/c1-8-6-10(12)7-13-11(8)14-9(2)4-5-15-3/h6-7,9H,4-5,12H2,1-3H3,(H,13,14). The van der Waals surface area contributed by atoms with E-state index in [-0.39, 0.29) is 0 Å². The quantitative estimate of drug-likeness (QED) is 0.808. The first-order valence-electron chi connectivity index (χ1n) is 5.11. The maximum atomic E-state index is 5.64. The molecule has 0 saturated heterocycles. The second-order valence-corrected chi connectivity index (χ2v) is 4.75.